The summed E-state index contributed by atoms with van der Waals surface area (Å²) < 4.78 is 4.71. The van der Waals surface area contributed by atoms with E-state index in [0.29, 0.717) is 0 Å². The van der Waals surface area contributed by atoms with Gasteiger partial charge in [0.1, 0.15) is 5.82 Å². The normalized spacial score (nSPS) is 11.8. The molecule has 3 heterocycles. The highest BCUT2D eigenvalue weighted by Gasteiger charge is 2.18. The molecule has 3 aromatic heterocycles. The van der Waals surface area contributed by atoms with Crippen molar-refractivity contribution in [3.05, 3.63) is 176 Å². The molecule has 7 aromatic carbocycles. The SMILES string of the molecule is c1ccc(-c2cc3ccccc3c(-n3c4ccccc4c4cc(-c5ccc6c(c5)c5ccccc5n6-c5ccccc5)ccc43)n2)cc1. The van der Waals surface area contributed by atoms with Crippen molar-refractivity contribution in [3.63, 3.8) is 0 Å². The fourth-order valence-electron chi connectivity index (χ4n) is 7.50. The van der Waals surface area contributed by atoms with Gasteiger partial charge in [0, 0.05) is 38.2 Å². The molecule has 0 fully saturated rings. The van der Waals surface area contributed by atoms with Crippen LogP contribution in [0.2, 0.25) is 0 Å². The first-order valence-corrected chi connectivity index (χ1v) is 16.4. The molecule has 0 aliphatic rings. The fraction of sp³-hybridized carbons (Fsp3) is 0. The number of hydrogen-bond donors (Lipinski definition) is 0. The summed E-state index contributed by atoms with van der Waals surface area (Å²) in [7, 11) is 0. The highest BCUT2D eigenvalue weighted by molar-refractivity contribution is 6.13. The van der Waals surface area contributed by atoms with E-state index in [1.54, 1.807) is 0 Å². The number of pyridine rings is 1. The number of rotatable bonds is 4. The molecular formula is C45H29N3. The Kier molecular flexibility index (Phi) is 5.87. The highest BCUT2D eigenvalue weighted by Crippen LogP contribution is 2.39. The highest BCUT2D eigenvalue weighted by atomic mass is 15.1. The first-order chi connectivity index (χ1) is 23.8. The van der Waals surface area contributed by atoms with E-state index in [0.717, 1.165) is 33.5 Å². The Morgan fingerprint density at radius 3 is 1.50 bits per heavy atom. The summed E-state index contributed by atoms with van der Waals surface area (Å²) in [6.07, 6.45) is 0. The molecular weight excluding hydrogens is 583 g/mol. The quantitative estimate of drug-likeness (QED) is 0.194. The average Bonchev–Trinajstić information content (AvgIpc) is 3.67. The standard InChI is InChI=1S/C45H29N3/c1-3-13-30(14-4-1)40-29-33-15-7-8-18-35(33)45(46-40)48-42-22-12-10-20-37(42)39-28-32(24-26-44(39)48)31-23-25-43-38(27-31)36-19-9-11-21-41(36)47(43)34-16-5-2-6-17-34/h1-29H. The molecule has 0 bridgehead atoms. The maximum absolute atomic E-state index is 5.35. The lowest BCUT2D eigenvalue weighted by Gasteiger charge is -2.13. The molecule has 0 atom stereocenters. The molecule has 224 valence electrons. The van der Waals surface area contributed by atoms with Crippen LogP contribution in [0.5, 0.6) is 0 Å². The van der Waals surface area contributed by atoms with Gasteiger partial charge in [-0.1, -0.05) is 121 Å². The summed E-state index contributed by atoms with van der Waals surface area (Å²) in [5, 5.41) is 7.24. The lowest BCUT2D eigenvalue weighted by Crippen LogP contribution is -2.00. The van der Waals surface area contributed by atoms with E-state index in [2.05, 4.69) is 185 Å². The third kappa shape index (κ3) is 4.04. The Morgan fingerprint density at radius 1 is 0.333 bits per heavy atom. The Bertz CT molecular complexity index is 2820. The topological polar surface area (TPSA) is 22.8 Å². The van der Waals surface area contributed by atoms with E-state index in [9.17, 15) is 0 Å². The summed E-state index contributed by atoms with van der Waals surface area (Å²) >= 11 is 0. The van der Waals surface area contributed by atoms with Crippen LogP contribution in [0.4, 0.5) is 0 Å². The molecule has 0 amide bonds. The molecule has 10 rings (SSSR count). The first kappa shape index (κ1) is 26.7. The minimum atomic E-state index is 0.945. The number of nitrogens with zero attached hydrogens (tertiary/aromatic N) is 3. The van der Waals surface area contributed by atoms with Gasteiger partial charge in [0.15, 0.2) is 0 Å². The van der Waals surface area contributed by atoms with Crippen LogP contribution in [0.1, 0.15) is 0 Å². The van der Waals surface area contributed by atoms with Crippen LogP contribution in [0.15, 0.2) is 176 Å². The van der Waals surface area contributed by atoms with Crippen LogP contribution in [0.25, 0.3) is 88.3 Å². The molecule has 0 radical (unpaired) electrons. The molecule has 48 heavy (non-hydrogen) atoms. The molecule has 0 aliphatic carbocycles. The van der Waals surface area contributed by atoms with Gasteiger partial charge in [0.05, 0.1) is 27.8 Å². The predicted octanol–water partition coefficient (Wildman–Crippen LogP) is 11.8. The van der Waals surface area contributed by atoms with Crippen LogP contribution in [0.3, 0.4) is 0 Å². The van der Waals surface area contributed by atoms with Gasteiger partial charge in [-0.15, -0.1) is 0 Å². The summed E-state index contributed by atoms with van der Waals surface area (Å²) in [6, 6.07) is 63.1. The third-order valence-corrected chi connectivity index (χ3v) is 9.69. The molecule has 0 unspecified atom stereocenters. The van der Waals surface area contributed by atoms with E-state index in [4.69, 9.17) is 4.98 Å². The summed E-state index contributed by atoms with van der Waals surface area (Å²) in [4.78, 5) is 5.35. The van der Waals surface area contributed by atoms with Crippen molar-refractivity contribution in [1.82, 2.24) is 14.1 Å². The van der Waals surface area contributed by atoms with E-state index in [1.165, 1.54) is 54.8 Å². The van der Waals surface area contributed by atoms with Gasteiger partial charge in [-0.25, -0.2) is 4.98 Å². The zero-order valence-electron chi connectivity index (χ0n) is 26.1. The van der Waals surface area contributed by atoms with Crippen molar-refractivity contribution >= 4 is 54.4 Å². The lowest BCUT2D eigenvalue weighted by molar-refractivity contribution is 1.10. The fourth-order valence-corrected chi connectivity index (χ4v) is 7.50. The van der Waals surface area contributed by atoms with E-state index < -0.39 is 0 Å². The Morgan fingerprint density at radius 2 is 0.833 bits per heavy atom. The number of hydrogen-bond acceptors (Lipinski definition) is 1. The molecule has 10 aromatic rings. The largest absolute Gasteiger partial charge is 0.309 e. The number of fused-ring (bicyclic) bond motifs is 7. The van der Waals surface area contributed by atoms with Gasteiger partial charge in [0.25, 0.3) is 0 Å². The monoisotopic (exact) mass is 611 g/mol. The second kappa shape index (κ2) is 10.5. The second-order valence-electron chi connectivity index (χ2n) is 12.4. The minimum absolute atomic E-state index is 0.945. The molecule has 0 saturated carbocycles. The molecule has 3 heteroatoms. The van der Waals surface area contributed by atoms with Crippen molar-refractivity contribution in [2.45, 2.75) is 0 Å². The number of aromatic nitrogens is 3. The van der Waals surface area contributed by atoms with Gasteiger partial charge in [-0.05, 0) is 71.1 Å². The van der Waals surface area contributed by atoms with Gasteiger partial charge >= 0.3 is 0 Å². The zero-order chi connectivity index (χ0) is 31.6. The van der Waals surface area contributed by atoms with Crippen LogP contribution in [-0.2, 0) is 0 Å². The van der Waals surface area contributed by atoms with Crippen LogP contribution in [-0.4, -0.2) is 14.1 Å². The van der Waals surface area contributed by atoms with E-state index in [1.807, 2.05) is 0 Å². The first-order valence-electron chi connectivity index (χ1n) is 16.4. The van der Waals surface area contributed by atoms with Crippen LogP contribution >= 0.6 is 0 Å². The molecule has 0 N–H and O–H groups in total. The number of benzene rings is 7. The van der Waals surface area contributed by atoms with Gasteiger partial charge < -0.3 is 4.57 Å². The lowest BCUT2D eigenvalue weighted by atomic mass is 10.0. The Labute approximate surface area is 277 Å². The second-order valence-corrected chi connectivity index (χ2v) is 12.4. The average molecular weight is 612 g/mol. The van der Waals surface area contributed by atoms with Crippen LogP contribution < -0.4 is 0 Å². The van der Waals surface area contributed by atoms with Crippen molar-refractivity contribution in [2.75, 3.05) is 0 Å². The smallest absolute Gasteiger partial charge is 0.146 e. The predicted molar refractivity (Wildman–Crippen MR) is 201 cm³/mol. The van der Waals surface area contributed by atoms with Crippen LogP contribution in [0, 0.1) is 0 Å². The Hall–Kier alpha value is -6.45. The molecule has 3 nitrogen and oxygen atoms in total. The molecule has 0 aliphatic heterocycles. The number of para-hydroxylation sites is 3. The van der Waals surface area contributed by atoms with Crippen molar-refractivity contribution in [1.29, 1.82) is 0 Å². The van der Waals surface area contributed by atoms with E-state index >= 15 is 0 Å². The summed E-state index contributed by atoms with van der Waals surface area (Å²) in [6.45, 7) is 0. The van der Waals surface area contributed by atoms with Gasteiger partial charge in [-0.2, -0.15) is 0 Å². The maximum Gasteiger partial charge on any atom is 0.146 e. The van der Waals surface area contributed by atoms with E-state index in [-0.39, 0.29) is 0 Å². The zero-order valence-corrected chi connectivity index (χ0v) is 26.1. The molecule has 0 spiro atoms. The Balaban J connectivity index is 1.20. The third-order valence-electron chi connectivity index (χ3n) is 9.69. The van der Waals surface area contributed by atoms with Crippen molar-refractivity contribution in [2.24, 2.45) is 0 Å². The minimum Gasteiger partial charge on any atom is -0.309 e. The van der Waals surface area contributed by atoms with Crippen molar-refractivity contribution < 1.29 is 0 Å². The van der Waals surface area contributed by atoms with Gasteiger partial charge in [-0.3, -0.25) is 4.57 Å². The maximum atomic E-state index is 5.35. The summed E-state index contributed by atoms with van der Waals surface area (Å²) in [5.74, 6) is 0.945. The molecule has 0 saturated heterocycles. The van der Waals surface area contributed by atoms with Gasteiger partial charge in [0.2, 0.25) is 0 Å². The summed E-state index contributed by atoms with van der Waals surface area (Å²) in [5.41, 5.74) is 10.4. The van der Waals surface area contributed by atoms with Crippen molar-refractivity contribution in [3.8, 4) is 33.9 Å².